The van der Waals surface area contributed by atoms with Gasteiger partial charge in [0, 0.05) is 28.8 Å². The van der Waals surface area contributed by atoms with Gasteiger partial charge in [0.15, 0.2) is 10.6 Å². The number of para-hydroxylation sites is 2. The molecule has 0 unspecified atom stereocenters. The summed E-state index contributed by atoms with van der Waals surface area (Å²) in [5.74, 6) is 0.696. The monoisotopic (exact) mass is 285 g/mol. The van der Waals surface area contributed by atoms with Gasteiger partial charge in [-0.05, 0) is 26.0 Å². The number of hydrogen-bond donors (Lipinski definition) is 2. The first-order chi connectivity index (χ1) is 9.65. The van der Waals surface area contributed by atoms with Crippen molar-refractivity contribution < 1.29 is 0 Å². The number of H-pyrrole nitrogens is 2. The molecule has 4 nitrogen and oxygen atoms in total. The zero-order valence-corrected chi connectivity index (χ0v) is 12.2. The molecule has 0 aliphatic rings. The molecule has 0 atom stereocenters. The van der Waals surface area contributed by atoms with Crippen LogP contribution in [0.3, 0.4) is 0 Å². The maximum Gasteiger partial charge on any atom is 0.187 e. The van der Waals surface area contributed by atoms with Gasteiger partial charge in [0.05, 0.1) is 11.0 Å². The quantitative estimate of drug-likeness (QED) is 0.727. The second-order valence-corrected chi connectivity index (χ2v) is 5.72. The summed E-state index contributed by atoms with van der Waals surface area (Å²) in [6.45, 7) is 3.68. The lowest BCUT2D eigenvalue weighted by Gasteiger charge is -2.04. The minimum atomic E-state index is 0.115. The Labute approximate surface area is 120 Å². The first-order valence-electron chi connectivity index (χ1n) is 6.40. The van der Waals surface area contributed by atoms with Crippen LogP contribution in [0.15, 0.2) is 40.4 Å². The number of hydrogen-bond acceptors (Lipinski definition) is 3. The van der Waals surface area contributed by atoms with Crippen molar-refractivity contribution in [1.29, 1.82) is 0 Å². The molecule has 0 radical (unpaired) electrons. The Morgan fingerprint density at radius 3 is 2.85 bits per heavy atom. The molecule has 102 valence electrons. The molecule has 0 fully saturated rings. The number of pyridine rings is 1. The molecule has 0 amide bonds. The van der Waals surface area contributed by atoms with E-state index in [0.717, 1.165) is 33.0 Å². The molecule has 5 heteroatoms. The van der Waals surface area contributed by atoms with Crippen molar-refractivity contribution in [1.82, 2.24) is 15.0 Å². The van der Waals surface area contributed by atoms with Crippen LogP contribution in [0.2, 0.25) is 0 Å². The van der Waals surface area contributed by atoms with Crippen LogP contribution in [-0.4, -0.2) is 15.0 Å². The Morgan fingerprint density at radius 2 is 2.05 bits per heavy atom. The maximum atomic E-state index is 11.9. The summed E-state index contributed by atoms with van der Waals surface area (Å²) < 4.78 is 0. The number of nitrogens with zero attached hydrogens (tertiary/aromatic N) is 1. The van der Waals surface area contributed by atoms with Gasteiger partial charge in [-0.3, -0.25) is 4.79 Å². The summed E-state index contributed by atoms with van der Waals surface area (Å²) >= 11 is 1.59. The van der Waals surface area contributed by atoms with E-state index < -0.39 is 0 Å². The SMILES string of the molecule is Cc1c[nH]c(CSc2nc3ccccc3[nH]2)c(C)c1=O. The number of fused-ring (bicyclic) bond motifs is 1. The molecule has 0 saturated carbocycles. The zero-order chi connectivity index (χ0) is 14.1. The summed E-state index contributed by atoms with van der Waals surface area (Å²) in [4.78, 5) is 22.9. The molecule has 0 bridgehead atoms. The molecule has 20 heavy (non-hydrogen) atoms. The largest absolute Gasteiger partial charge is 0.364 e. The van der Waals surface area contributed by atoms with Gasteiger partial charge in [-0.15, -0.1) is 0 Å². The van der Waals surface area contributed by atoms with Gasteiger partial charge in [0.1, 0.15) is 0 Å². The van der Waals surface area contributed by atoms with E-state index in [1.807, 2.05) is 38.1 Å². The van der Waals surface area contributed by atoms with Gasteiger partial charge >= 0.3 is 0 Å². The molecule has 1 aromatic carbocycles. The minimum absolute atomic E-state index is 0.115. The Bertz CT molecular complexity index is 786. The average molecular weight is 285 g/mol. The highest BCUT2D eigenvalue weighted by atomic mass is 32.2. The van der Waals surface area contributed by atoms with E-state index in [9.17, 15) is 4.79 Å². The lowest BCUT2D eigenvalue weighted by atomic mass is 10.2. The highest BCUT2D eigenvalue weighted by Gasteiger charge is 2.07. The van der Waals surface area contributed by atoms with Crippen molar-refractivity contribution in [3.8, 4) is 0 Å². The lowest BCUT2D eigenvalue weighted by Crippen LogP contribution is -2.12. The molecule has 0 saturated heterocycles. The van der Waals surface area contributed by atoms with Crippen LogP contribution in [0.25, 0.3) is 11.0 Å². The van der Waals surface area contributed by atoms with Crippen molar-refractivity contribution >= 4 is 22.8 Å². The van der Waals surface area contributed by atoms with E-state index in [1.165, 1.54) is 0 Å². The van der Waals surface area contributed by atoms with Crippen LogP contribution in [0, 0.1) is 13.8 Å². The van der Waals surface area contributed by atoms with Gasteiger partial charge in [-0.1, -0.05) is 23.9 Å². The van der Waals surface area contributed by atoms with Crippen LogP contribution in [0.5, 0.6) is 0 Å². The fourth-order valence-electron chi connectivity index (χ4n) is 2.09. The number of aromatic nitrogens is 3. The van der Waals surface area contributed by atoms with Crippen molar-refractivity contribution in [2.24, 2.45) is 0 Å². The first-order valence-corrected chi connectivity index (χ1v) is 7.39. The fourth-order valence-corrected chi connectivity index (χ4v) is 3.02. The van der Waals surface area contributed by atoms with Crippen molar-refractivity contribution in [3.05, 3.63) is 57.5 Å². The van der Waals surface area contributed by atoms with Crippen molar-refractivity contribution in [2.75, 3.05) is 0 Å². The normalized spacial score (nSPS) is 11.1. The second-order valence-electron chi connectivity index (χ2n) is 4.75. The fraction of sp³-hybridized carbons (Fsp3) is 0.200. The number of benzene rings is 1. The van der Waals surface area contributed by atoms with Gasteiger partial charge < -0.3 is 9.97 Å². The molecule has 3 aromatic rings. The molecule has 3 rings (SSSR count). The molecule has 2 heterocycles. The highest BCUT2D eigenvalue weighted by Crippen LogP contribution is 2.22. The third-order valence-corrected chi connectivity index (χ3v) is 4.23. The minimum Gasteiger partial charge on any atom is -0.364 e. The molecule has 0 aliphatic heterocycles. The Kier molecular flexibility index (Phi) is 3.36. The third-order valence-electron chi connectivity index (χ3n) is 3.34. The topological polar surface area (TPSA) is 61.5 Å². The number of rotatable bonds is 3. The number of nitrogens with one attached hydrogen (secondary N) is 2. The van der Waals surface area contributed by atoms with Gasteiger partial charge in [-0.25, -0.2) is 4.98 Å². The predicted octanol–water partition coefficient (Wildman–Crippen LogP) is 3.16. The van der Waals surface area contributed by atoms with Crippen LogP contribution in [-0.2, 0) is 5.75 Å². The highest BCUT2D eigenvalue weighted by molar-refractivity contribution is 7.98. The molecular formula is C15H15N3OS. The first kappa shape index (κ1) is 13.0. The Balaban J connectivity index is 1.83. The zero-order valence-electron chi connectivity index (χ0n) is 11.4. The van der Waals surface area contributed by atoms with E-state index in [0.29, 0.717) is 5.75 Å². The standard InChI is InChI=1S/C15H15N3OS/c1-9-7-16-13(10(2)14(9)19)8-20-15-17-11-5-3-4-6-12(11)18-15/h3-7H,8H2,1-2H3,(H,16,19)(H,17,18). The molecule has 2 aromatic heterocycles. The van der Waals surface area contributed by atoms with Crippen molar-refractivity contribution in [3.63, 3.8) is 0 Å². The smallest absolute Gasteiger partial charge is 0.187 e. The summed E-state index contributed by atoms with van der Waals surface area (Å²) in [6, 6.07) is 7.94. The van der Waals surface area contributed by atoms with Gasteiger partial charge in [0.2, 0.25) is 0 Å². The number of thioether (sulfide) groups is 1. The van der Waals surface area contributed by atoms with E-state index >= 15 is 0 Å². The molecule has 0 spiro atoms. The summed E-state index contributed by atoms with van der Waals surface area (Å²) in [5.41, 5.74) is 4.59. The Morgan fingerprint density at radius 1 is 1.25 bits per heavy atom. The predicted molar refractivity (Wildman–Crippen MR) is 82.2 cm³/mol. The van der Waals surface area contributed by atoms with Crippen LogP contribution in [0.4, 0.5) is 0 Å². The summed E-state index contributed by atoms with van der Waals surface area (Å²) in [5, 5.41) is 0.868. The summed E-state index contributed by atoms with van der Waals surface area (Å²) in [7, 11) is 0. The van der Waals surface area contributed by atoms with E-state index in [1.54, 1.807) is 18.0 Å². The van der Waals surface area contributed by atoms with Crippen LogP contribution < -0.4 is 5.43 Å². The number of imidazole rings is 1. The second kappa shape index (κ2) is 5.17. The summed E-state index contributed by atoms with van der Waals surface area (Å²) in [6.07, 6.45) is 1.77. The average Bonchev–Trinajstić information content (AvgIpc) is 2.87. The Hall–Kier alpha value is -2.01. The number of aromatic amines is 2. The van der Waals surface area contributed by atoms with Crippen LogP contribution >= 0.6 is 11.8 Å². The molecule has 0 aliphatic carbocycles. The van der Waals surface area contributed by atoms with Crippen LogP contribution in [0.1, 0.15) is 16.8 Å². The van der Waals surface area contributed by atoms with E-state index in [2.05, 4.69) is 15.0 Å². The third kappa shape index (κ3) is 2.36. The van der Waals surface area contributed by atoms with E-state index in [4.69, 9.17) is 0 Å². The maximum absolute atomic E-state index is 11.9. The lowest BCUT2D eigenvalue weighted by molar-refractivity contribution is 1.05. The molecular weight excluding hydrogens is 270 g/mol. The molecule has 2 N–H and O–H groups in total. The van der Waals surface area contributed by atoms with Gasteiger partial charge in [0.25, 0.3) is 0 Å². The van der Waals surface area contributed by atoms with Crippen molar-refractivity contribution in [2.45, 2.75) is 24.8 Å². The van der Waals surface area contributed by atoms with Gasteiger partial charge in [-0.2, -0.15) is 0 Å². The number of aryl methyl sites for hydroxylation is 1. The van der Waals surface area contributed by atoms with E-state index in [-0.39, 0.29) is 5.43 Å².